The Kier molecular flexibility index (Phi) is 8.58. The smallest absolute Gasteiger partial charge is 0.407 e. The summed E-state index contributed by atoms with van der Waals surface area (Å²) in [6.07, 6.45) is 2.80. The number of amides is 1. The molecule has 1 fully saturated rings. The molecule has 33 heavy (non-hydrogen) atoms. The standard InChI is InChI=1S/C22H31N5O6/c1-14-19(33-16-7-4-6-15(12-16)21(28)29)9-8-17(24-14)20-18(27(2)26-25-20)13-23-22(30)32-11-5-10-31-3/h8-9,15-16H,4-7,10-13H2,1-3H3,(H,23,30)(H,28,29)/t15-,16-/m0/s1. The van der Waals surface area contributed by atoms with Crippen molar-refractivity contribution < 1.29 is 28.9 Å². The third kappa shape index (κ3) is 6.64. The zero-order valence-corrected chi connectivity index (χ0v) is 19.2. The van der Waals surface area contributed by atoms with E-state index in [1.807, 2.05) is 13.0 Å². The second kappa shape index (κ2) is 11.6. The summed E-state index contributed by atoms with van der Waals surface area (Å²) < 4.78 is 17.7. The van der Waals surface area contributed by atoms with E-state index in [4.69, 9.17) is 14.2 Å². The van der Waals surface area contributed by atoms with Crippen molar-refractivity contribution in [1.29, 1.82) is 0 Å². The van der Waals surface area contributed by atoms with Crippen LogP contribution < -0.4 is 10.1 Å². The van der Waals surface area contributed by atoms with Crippen molar-refractivity contribution >= 4 is 12.1 Å². The minimum Gasteiger partial charge on any atom is -0.489 e. The molecular formula is C22H31N5O6. The van der Waals surface area contributed by atoms with E-state index < -0.39 is 12.1 Å². The van der Waals surface area contributed by atoms with Crippen molar-refractivity contribution in [2.45, 2.75) is 51.7 Å². The second-order valence-electron chi connectivity index (χ2n) is 8.07. The van der Waals surface area contributed by atoms with E-state index in [1.54, 1.807) is 24.9 Å². The molecule has 2 aromatic heterocycles. The fourth-order valence-corrected chi connectivity index (χ4v) is 3.81. The van der Waals surface area contributed by atoms with Gasteiger partial charge in [-0.25, -0.2) is 14.5 Å². The highest BCUT2D eigenvalue weighted by Gasteiger charge is 2.28. The minimum absolute atomic E-state index is 0.141. The number of alkyl carbamates (subject to hydrolysis) is 1. The summed E-state index contributed by atoms with van der Waals surface area (Å²) in [5.74, 6) is -0.508. The number of carbonyl (C=O) groups is 2. The van der Waals surface area contributed by atoms with Gasteiger partial charge in [0.05, 0.1) is 42.3 Å². The van der Waals surface area contributed by atoms with Crippen LogP contribution in [-0.2, 0) is 27.9 Å². The fourth-order valence-electron chi connectivity index (χ4n) is 3.81. The molecule has 0 saturated heterocycles. The maximum Gasteiger partial charge on any atom is 0.407 e. The van der Waals surface area contributed by atoms with E-state index in [9.17, 15) is 14.7 Å². The molecule has 0 aliphatic heterocycles. The Hall–Kier alpha value is -3.21. The largest absolute Gasteiger partial charge is 0.489 e. The number of aromatic nitrogens is 4. The van der Waals surface area contributed by atoms with Crippen molar-refractivity contribution in [3.05, 3.63) is 23.5 Å². The zero-order chi connectivity index (χ0) is 23.8. The van der Waals surface area contributed by atoms with Crippen LogP contribution in [0.2, 0.25) is 0 Å². The lowest BCUT2D eigenvalue weighted by Crippen LogP contribution is -2.29. The Morgan fingerprint density at radius 2 is 2.09 bits per heavy atom. The predicted molar refractivity (Wildman–Crippen MR) is 118 cm³/mol. The molecule has 2 atom stereocenters. The first-order valence-electron chi connectivity index (χ1n) is 11.0. The van der Waals surface area contributed by atoms with Gasteiger partial charge >= 0.3 is 12.1 Å². The highest BCUT2D eigenvalue weighted by molar-refractivity contribution is 5.70. The first-order chi connectivity index (χ1) is 15.9. The number of pyridine rings is 1. The van der Waals surface area contributed by atoms with Gasteiger partial charge in [-0.1, -0.05) is 5.21 Å². The first-order valence-corrected chi connectivity index (χ1v) is 11.0. The van der Waals surface area contributed by atoms with Crippen LogP contribution in [-0.4, -0.2) is 63.6 Å². The van der Waals surface area contributed by atoms with Gasteiger partial charge in [0.15, 0.2) is 0 Å². The zero-order valence-electron chi connectivity index (χ0n) is 19.2. The van der Waals surface area contributed by atoms with Crippen molar-refractivity contribution in [3.63, 3.8) is 0 Å². The maximum atomic E-state index is 11.9. The molecule has 0 bridgehead atoms. The first kappa shape index (κ1) is 24.4. The van der Waals surface area contributed by atoms with Crippen LogP contribution in [0, 0.1) is 12.8 Å². The number of rotatable bonds is 10. The summed E-state index contributed by atoms with van der Waals surface area (Å²) in [4.78, 5) is 27.8. The Balaban J connectivity index is 1.64. The van der Waals surface area contributed by atoms with Crippen LogP contribution >= 0.6 is 0 Å². The Labute approximate surface area is 192 Å². The highest BCUT2D eigenvalue weighted by atomic mass is 16.5. The maximum absolute atomic E-state index is 11.9. The molecule has 2 aromatic rings. The van der Waals surface area contributed by atoms with Gasteiger partial charge in [-0.15, -0.1) is 5.10 Å². The van der Waals surface area contributed by atoms with E-state index in [0.29, 0.717) is 54.4 Å². The van der Waals surface area contributed by atoms with Crippen LogP contribution in [0.25, 0.3) is 11.4 Å². The average molecular weight is 462 g/mol. The van der Waals surface area contributed by atoms with Crippen molar-refractivity contribution in [3.8, 4) is 17.1 Å². The SMILES string of the molecule is COCCCOC(=O)NCc1c(-c2ccc(O[C@H]3CCC[C@H](C(=O)O)C3)c(C)n2)nnn1C. The normalized spacial score (nSPS) is 18.0. The number of methoxy groups -OCH3 is 1. The van der Waals surface area contributed by atoms with Crippen LogP contribution in [0.1, 0.15) is 43.5 Å². The number of aliphatic carboxylic acids is 1. The summed E-state index contributed by atoms with van der Waals surface area (Å²) in [7, 11) is 3.33. The molecule has 2 heterocycles. The van der Waals surface area contributed by atoms with Gasteiger partial charge < -0.3 is 24.6 Å². The molecular weight excluding hydrogens is 430 g/mol. The number of nitrogens with one attached hydrogen (secondary N) is 1. The van der Waals surface area contributed by atoms with Crippen LogP contribution in [0.3, 0.4) is 0 Å². The molecule has 1 amide bonds. The molecule has 180 valence electrons. The Morgan fingerprint density at radius 1 is 1.27 bits per heavy atom. The van der Waals surface area contributed by atoms with Gasteiger partial charge in [0.1, 0.15) is 11.4 Å². The van der Waals surface area contributed by atoms with Crippen LogP contribution in [0.4, 0.5) is 4.79 Å². The van der Waals surface area contributed by atoms with Gasteiger partial charge in [0, 0.05) is 27.2 Å². The molecule has 1 aliphatic carbocycles. The van der Waals surface area contributed by atoms with Gasteiger partial charge in [-0.3, -0.25) is 4.79 Å². The number of aryl methyl sites for hydroxylation is 2. The van der Waals surface area contributed by atoms with E-state index in [1.165, 1.54) is 0 Å². The van der Waals surface area contributed by atoms with Crippen molar-refractivity contribution in [2.24, 2.45) is 13.0 Å². The van der Waals surface area contributed by atoms with E-state index in [-0.39, 0.29) is 25.2 Å². The number of carbonyl (C=O) groups excluding carboxylic acids is 1. The number of ether oxygens (including phenoxy) is 3. The molecule has 1 aliphatic rings. The Bertz CT molecular complexity index is 963. The lowest BCUT2D eigenvalue weighted by molar-refractivity contribution is -0.143. The highest BCUT2D eigenvalue weighted by Crippen LogP contribution is 2.30. The molecule has 1 saturated carbocycles. The average Bonchev–Trinajstić information content (AvgIpc) is 3.17. The summed E-state index contributed by atoms with van der Waals surface area (Å²) >= 11 is 0. The topological polar surface area (TPSA) is 138 Å². The molecule has 11 nitrogen and oxygen atoms in total. The summed E-state index contributed by atoms with van der Waals surface area (Å²) in [5, 5.41) is 20.3. The lowest BCUT2D eigenvalue weighted by atomic mass is 9.87. The lowest BCUT2D eigenvalue weighted by Gasteiger charge is -2.27. The van der Waals surface area contributed by atoms with Crippen molar-refractivity contribution in [2.75, 3.05) is 20.3 Å². The second-order valence-corrected chi connectivity index (χ2v) is 8.07. The van der Waals surface area contributed by atoms with Gasteiger partial charge in [0.2, 0.25) is 0 Å². The number of nitrogens with zero attached hydrogens (tertiary/aromatic N) is 4. The molecule has 11 heteroatoms. The Morgan fingerprint density at radius 3 is 2.82 bits per heavy atom. The quantitative estimate of drug-likeness (QED) is 0.511. The summed E-state index contributed by atoms with van der Waals surface area (Å²) in [6, 6.07) is 3.61. The monoisotopic (exact) mass is 461 g/mol. The van der Waals surface area contributed by atoms with Gasteiger partial charge in [-0.05, 0) is 44.7 Å². The molecule has 2 N–H and O–H groups in total. The molecule has 3 rings (SSSR count). The van der Waals surface area contributed by atoms with Crippen LogP contribution in [0.15, 0.2) is 12.1 Å². The number of hydrogen-bond donors (Lipinski definition) is 2. The molecule has 0 unspecified atom stereocenters. The third-order valence-electron chi connectivity index (χ3n) is 5.62. The number of hydrogen-bond acceptors (Lipinski definition) is 8. The number of carboxylic acid groups (broad SMARTS) is 1. The predicted octanol–water partition coefficient (Wildman–Crippen LogP) is 2.47. The third-order valence-corrected chi connectivity index (χ3v) is 5.62. The van der Waals surface area contributed by atoms with Gasteiger partial charge in [-0.2, -0.15) is 0 Å². The molecule has 0 aromatic carbocycles. The minimum atomic E-state index is -0.767. The molecule has 0 radical (unpaired) electrons. The van der Waals surface area contributed by atoms with E-state index in [0.717, 1.165) is 12.8 Å². The van der Waals surface area contributed by atoms with Gasteiger partial charge in [0.25, 0.3) is 0 Å². The fraction of sp³-hybridized carbons (Fsp3) is 0.591. The molecule has 0 spiro atoms. The summed E-state index contributed by atoms with van der Waals surface area (Å²) in [6.45, 7) is 2.81. The van der Waals surface area contributed by atoms with Crippen LogP contribution in [0.5, 0.6) is 5.75 Å². The summed E-state index contributed by atoms with van der Waals surface area (Å²) in [5.41, 5.74) is 2.51. The van der Waals surface area contributed by atoms with Crippen molar-refractivity contribution in [1.82, 2.24) is 25.3 Å². The number of carboxylic acids is 1. The van der Waals surface area contributed by atoms with E-state index >= 15 is 0 Å². The van der Waals surface area contributed by atoms with E-state index in [2.05, 4.69) is 20.6 Å².